The first kappa shape index (κ1) is 18.1. The van der Waals surface area contributed by atoms with Gasteiger partial charge < -0.3 is 19.5 Å². The Morgan fingerprint density at radius 3 is 2.57 bits per heavy atom. The van der Waals surface area contributed by atoms with E-state index in [1.54, 1.807) is 14.2 Å². The minimum atomic E-state index is 0.564. The largest absolute Gasteiger partial charge is 0.493 e. The molecule has 0 aliphatic rings. The fraction of sp³-hybridized carbons (Fsp3) is 0.625. The Balaban J connectivity index is 2.34. The molecule has 0 saturated carbocycles. The highest BCUT2D eigenvalue weighted by Crippen LogP contribution is 2.35. The summed E-state index contributed by atoms with van der Waals surface area (Å²) in [7, 11) is 3.19. The number of halogens is 1. The van der Waals surface area contributed by atoms with Gasteiger partial charge in [0.25, 0.3) is 0 Å². The van der Waals surface area contributed by atoms with Crippen LogP contribution in [0, 0.1) is 5.92 Å². The average molecular weight is 316 g/mol. The summed E-state index contributed by atoms with van der Waals surface area (Å²) in [6.45, 7) is 7.57. The zero-order chi connectivity index (χ0) is 15.7. The summed E-state index contributed by atoms with van der Waals surface area (Å²) in [6.07, 6.45) is 0.994. The molecule has 120 valence electrons. The third-order valence-corrected chi connectivity index (χ3v) is 3.20. The molecule has 0 amide bonds. The molecule has 0 bridgehead atoms. The zero-order valence-electron chi connectivity index (χ0n) is 13.4. The van der Waals surface area contributed by atoms with Gasteiger partial charge in [-0.25, -0.2) is 0 Å². The molecule has 0 aliphatic carbocycles. The van der Waals surface area contributed by atoms with E-state index in [0.717, 1.165) is 38.3 Å². The van der Waals surface area contributed by atoms with Crippen molar-refractivity contribution in [1.82, 2.24) is 5.32 Å². The lowest BCUT2D eigenvalue weighted by Crippen LogP contribution is -2.17. The molecule has 0 fully saturated rings. The van der Waals surface area contributed by atoms with E-state index in [1.807, 2.05) is 12.1 Å². The molecule has 1 aromatic rings. The molecule has 0 aromatic heterocycles. The van der Waals surface area contributed by atoms with Crippen molar-refractivity contribution in [3.05, 3.63) is 22.7 Å². The van der Waals surface area contributed by atoms with Crippen molar-refractivity contribution in [2.45, 2.75) is 26.8 Å². The van der Waals surface area contributed by atoms with E-state index in [4.69, 9.17) is 25.8 Å². The first-order valence-electron chi connectivity index (χ1n) is 7.27. The number of hydrogen-bond acceptors (Lipinski definition) is 4. The van der Waals surface area contributed by atoms with Crippen LogP contribution in [-0.2, 0) is 11.3 Å². The summed E-state index contributed by atoms with van der Waals surface area (Å²) >= 11 is 6.17. The summed E-state index contributed by atoms with van der Waals surface area (Å²) < 4.78 is 16.0. The summed E-state index contributed by atoms with van der Waals surface area (Å²) in [5.74, 6) is 1.82. The van der Waals surface area contributed by atoms with Crippen LogP contribution in [0.2, 0.25) is 5.02 Å². The average Bonchev–Trinajstić information content (AvgIpc) is 2.45. The molecule has 0 aliphatic heterocycles. The molecule has 0 unspecified atom stereocenters. The number of hydrogen-bond donors (Lipinski definition) is 1. The highest BCUT2D eigenvalue weighted by atomic mass is 35.5. The van der Waals surface area contributed by atoms with Gasteiger partial charge in [0.05, 0.1) is 19.2 Å². The van der Waals surface area contributed by atoms with E-state index < -0.39 is 0 Å². The van der Waals surface area contributed by atoms with E-state index in [0.29, 0.717) is 22.4 Å². The molecule has 4 nitrogen and oxygen atoms in total. The second-order valence-corrected chi connectivity index (χ2v) is 5.72. The second-order valence-electron chi connectivity index (χ2n) is 5.31. The van der Waals surface area contributed by atoms with Gasteiger partial charge in [-0.15, -0.1) is 0 Å². The van der Waals surface area contributed by atoms with E-state index in [-0.39, 0.29) is 0 Å². The molecule has 1 N–H and O–H groups in total. The molecule has 5 heteroatoms. The highest BCUT2D eigenvalue weighted by molar-refractivity contribution is 6.32. The quantitative estimate of drug-likeness (QED) is 0.671. The van der Waals surface area contributed by atoms with Gasteiger partial charge in [-0.05, 0) is 36.6 Å². The van der Waals surface area contributed by atoms with Crippen molar-refractivity contribution in [3.63, 3.8) is 0 Å². The van der Waals surface area contributed by atoms with Crippen LogP contribution in [-0.4, -0.2) is 34.0 Å². The van der Waals surface area contributed by atoms with Crippen molar-refractivity contribution in [2.24, 2.45) is 5.92 Å². The van der Waals surface area contributed by atoms with E-state index in [1.165, 1.54) is 0 Å². The summed E-state index contributed by atoms with van der Waals surface area (Å²) in [5, 5.41) is 3.93. The van der Waals surface area contributed by atoms with Gasteiger partial charge in [-0.2, -0.15) is 0 Å². The molecule has 0 heterocycles. The zero-order valence-corrected chi connectivity index (χ0v) is 14.1. The van der Waals surface area contributed by atoms with Crippen LogP contribution in [0.25, 0.3) is 0 Å². The van der Waals surface area contributed by atoms with Gasteiger partial charge in [0, 0.05) is 19.8 Å². The maximum absolute atomic E-state index is 6.17. The minimum Gasteiger partial charge on any atom is -0.493 e. The molecular weight excluding hydrogens is 290 g/mol. The number of benzene rings is 1. The highest BCUT2D eigenvalue weighted by Gasteiger charge is 2.10. The van der Waals surface area contributed by atoms with Gasteiger partial charge in [0.15, 0.2) is 11.5 Å². The molecule has 1 aromatic carbocycles. The molecule has 21 heavy (non-hydrogen) atoms. The third-order valence-electron chi connectivity index (χ3n) is 2.92. The maximum Gasteiger partial charge on any atom is 0.179 e. The van der Waals surface area contributed by atoms with Crippen molar-refractivity contribution in [2.75, 3.05) is 34.0 Å². The fourth-order valence-corrected chi connectivity index (χ4v) is 2.23. The fourth-order valence-electron chi connectivity index (χ4n) is 1.92. The van der Waals surface area contributed by atoms with Gasteiger partial charge in [-0.3, -0.25) is 0 Å². The lowest BCUT2D eigenvalue weighted by molar-refractivity contribution is 0.108. The Kier molecular flexibility index (Phi) is 8.50. The van der Waals surface area contributed by atoms with Crippen LogP contribution < -0.4 is 14.8 Å². The van der Waals surface area contributed by atoms with Gasteiger partial charge >= 0.3 is 0 Å². The van der Waals surface area contributed by atoms with Crippen molar-refractivity contribution in [1.29, 1.82) is 0 Å². The molecule has 0 saturated heterocycles. The predicted molar refractivity (Wildman–Crippen MR) is 86.5 cm³/mol. The van der Waals surface area contributed by atoms with Crippen LogP contribution in [0.4, 0.5) is 0 Å². The normalized spacial score (nSPS) is 11.0. The number of nitrogens with one attached hydrogen (secondary N) is 1. The summed E-state index contributed by atoms with van der Waals surface area (Å²) in [5.41, 5.74) is 1.07. The monoisotopic (exact) mass is 315 g/mol. The minimum absolute atomic E-state index is 0.564. The smallest absolute Gasteiger partial charge is 0.179 e. The Bertz CT molecular complexity index is 424. The van der Waals surface area contributed by atoms with Crippen molar-refractivity contribution < 1.29 is 14.2 Å². The Hall–Kier alpha value is -0.970. The van der Waals surface area contributed by atoms with Crippen LogP contribution in [0.5, 0.6) is 11.5 Å². The van der Waals surface area contributed by atoms with Crippen LogP contribution in [0.1, 0.15) is 25.8 Å². The first-order valence-corrected chi connectivity index (χ1v) is 7.65. The molecular formula is C16H26ClNO3. The van der Waals surface area contributed by atoms with Gasteiger partial charge in [0.2, 0.25) is 0 Å². The van der Waals surface area contributed by atoms with Crippen LogP contribution in [0.3, 0.4) is 0 Å². The van der Waals surface area contributed by atoms with Gasteiger partial charge in [-0.1, -0.05) is 25.4 Å². The molecule has 0 radical (unpaired) electrons. The molecule has 0 atom stereocenters. The molecule has 1 rings (SSSR count). The predicted octanol–water partition coefficient (Wildman–Crippen LogP) is 3.51. The lowest BCUT2D eigenvalue weighted by atomic mass is 10.2. The van der Waals surface area contributed by atoms with Crippen molar-refractivity contribution >= 4 is 11.6 Å². The first-order chi connectivity index (χ1) is 10.1. The summed E-state index contributed by atoms with van der Waals surface area (Å²) in [4.78, 5) is 0. The SMILES string of the molecule is COc1cc(CNCCCOCC(C)C)cc(Cl)c1OC. The molecule has 0 spiro atoms. The number of ether oxygens (including phenoxy) is 3. The third kappa shape index (κ3) is 6.55. The van der Waals surface area contributed by atoms with Crippen LogP contribution in [0.15, 0.2) is 12.1 Å². The second kappa shape index (κ2) is 9.87. The standard InChI is InChI=1S/C16H26ClNO3/c1-12(2)11-21-7-5-6-18-10-13-8-14(17)16(20-4)15(9-13)19-3/h8-9,12,18H,5-7,10-11H2,1-4H3. The lowest BCUT2D eigenvalue weighted by Gasteiger charge is -2.12. The van der Waals surface area contributed by atoms with E-state index in [2.05, 4.69) is 19.2 Å². The van der Waals surface area contributed by atoms with Gasteiger partial charge in [0.1, 0.15) is 0 Å². The maximum atomic E-state index is 6.17. The van der Waals surface area contributed by atoms with Crippen LogP contribution >= 0.6 is 11.6 Å². The Morgan fingerprint density at radius 2 is 1.95 bits per heavy atom. The van der Waals surface area contributed by atoms with Crippen molar-refractivity contribution in [3.8, 4) is 11.5 Å². The number of methoxy groups -OCH3 is 2. The van der Waals surface area contributed by atoms with E-state index in [9.17, 15) is 0 Å². The topological polar surface area (TPSA) is 39.7 Å². The Labute approximate surface area is 132 Å². The Morgan fingerprint density at radius 1 is 1.19 bits per heavy atom. The summed E-state index contributed by atoms with van der Waals surface area (Å²) in [6, 6.07) is 3.83. The number of rotatable bonds is 10. The van der Waals surface area contributed by atoms with E-state index >= 15 is 0 Å².